The van der Waals surface area contributed by atoms with Crippen molar-refractivity contribution in [2.45, 2.75) is 6.92 Å². The third-order valence-corrected chi connectivity index (χ3v) is 3.18. The maximum Gasteiger partial charge on any atom is 0.349 e. The number of carbonyl (C=O) groups is 1. The predicted molar refractivity (Wildman–Crippen MR) is 83.1 cm³/mol. The van der Waals surface area contributed by atoms with Crippen molar-refractivity contribution >= 4 is 27.6 Å². The van der Waals surface area contributed by atoms with Crippen molar-refractivity contribution in [3.8, 4) is 11.5 Å². The molecule has 22 heavy (non-hydrogen) atoms. The van der Waals surface area contributed by atoms with Crippen LogP contribution in [0.15, 0.2) is 46.9 Å². The van der Waals surface area contributed by atoms with Gasteiger partial charge >= 0.3 is 11.7 Å². The highest BCUT2D eigenvalue weighted by molar-refractivity contribution is 9.10. The van der Waals surface area contributed by atoms with Crippen molar-refractivity contribution < 1.29 is 19.2 Å². The van der Waals surface area contributed by atoms with Crippen LogP contribution in [0.25, 0.3) is 0 Å². The fourth-order valence-electron chi connectivity index (χ4n) is 1.71. The third kappa shape index (κ3) is 4.29. The van der Waals surface area contributed by atoms with E-state index >= 15 is 0 Å². The van der Waals surface area contributed by atoms with Crippen molar-refractivity contribution in [2.75, 3.05) is 6.61 Å². The Morgan fingerprint density at radius 1 is 1.27 bits per heavy atom. The molecule has 114 valence electrons. The topological polar surface area (TPSA) is 78.7 Å². The van der Waals surface area contributed by atoms with Crippen LogP contribution in [-0.4, -0.2) is 17.5 Å². The van der Waals surface area contributed by atoms with Crippen molar-refractivity contribution in [1.29, 1.82) is 0 Å². The molecule has 0 amide bonds. The molecule has 0 heterocycles. The van der Waals surface area contributed by atoms with Gasteiger partial charge in [0.05, 0.1) is 4.92 Å². The lowest BCUT2D eigenvalue weighted by molar-refractivity contribution is -0.385. The van der Waals surface area contributed by atoms with E-state index in [1.54, 1.807) is 31.2 Å². The van der Waals surface area contributed by atoms with Crippen LogP contribution in [-0.2, 0) is 4.79 Å². The van der Waals surface area contributed by atoms with Gasteiger partial charge in [-0.1, -0.05) is 28.1 Å². The quantitative estimate of drug-likeness (QED) is 0.349. The number of rotatable bonds is 5. The van der Waals surface area contributed by atoms with Crippen molar-refractivity contribution in [2.24, 2.45) is 0 Å². The zero-order valence-corrected chi connectivity index (χ0v) is 13.2. The zero-order chi connectivity index (χ0) is 16.1. The minimum atomic E-state index is -0.714. The van der Waals surface area contributed by atoms with Crippen LogP contribution in [0.2, 0.25) is 0 Å². The first-order chi connectivity index (χ1) is 10.5. The molecule has 2 aromatic rings. The first kappa shape index (κ1) is 16.0. The monoisotopic (exact) mass is 365 g/mol. The maximum absolute atomic E-state index is 11.8. The summed E-state index contributed by atoms with van der Waals surface area (Å²) in [5.74, 6) is -0.313. The molecule has 7 heteroatoms. The third-order valence-electron chi connectivity index (χ3n) is 2.69. The van der Waals surface area contributed by atoms with Crippen molar-refractivity contribution in [3.63, 3.8) is 0 Å². The number of esters is 1. The normalized spacial score (nSPS) is 10.1. The summed E-state index contributed by atoms with van der Waals surface area (Å²) in [7, 11) is 0. The zero-order valence-electron chi connectivity index (χ0n) is 11.6. The Morgan fingerprint density at radius 3 is 2.73 bits per heavy atom. The Labute approximate surface area is 134 Å². The number of hydrogen-bond acceptors (Lipinski definition) is 5. The summed E-state index contributed by atoms with van der Waals surface area (Å²) in [6.07, 6.45) is 0. The van der Waals surface area contributed by atoms with E-state index in [2.05, 4.69) is 15.9 Å². The smallest absolute Gasteiger partial charge is 0.349 e. The Morgan fingerprint density at radius 2 is 2.05 bits per heavy atom. The second-order valence-electron chi connectivity index (χ2n) is 4.45. The van der Waals surface area contributed by atoms with Crippen LogP contribution in [0.5, 0.6) is 11.5 Å². The van der Waals surface area contributed by atoms with E-state index in [1.807, 2.05) is 6.07 Å². The van der Waals surface area contributed by atoms with Gasteiger partial charge in [0, 0.05) is 10.5 Å². The summed E-state index contributed by atoms with van der Waals surface area (Å²) >= 11 is 3.29. The van der Waals surface area contributed by atoms with Gasteiger partial charge in [-0.25, -0.2) is 4.79 Å². The molecule has 0 aliphatic heterocycles. The van der Waals surface area contributed by atoms with Gasteiger partial charge in [-0.2, -0.15) is 0 Å². The van der Waals surface area contributed by atoms with Gasteiger partial charge in [0.15, 0.2) is 6.61 Å². The number of nitrogens with zero attached hydrogens (tertiary/aromatic N) is 1. The Bertz CT molecular complexity index is 717. The van der Waals surface area contributed by atoms with Crippen LogP contribution < -0.4 is 9.47 Å². The summed E-state index contributed by atoms with van der Waals surface area (Å²) in [6, 6.07) is 11.3. The van der Waals surface area contributed by atoms with E-state index in [-0.39, 0.29) is 18.0 Å². The van der Waals surface area contributed by atoms with Crippen molar-refractivity contribution in [3.05, 3.63) is 62.6 Å². The molecule has 2 rings (SSSR count). The number of nitro benzene ring substituents is 1. The second-order valence-corrected chi connectivity index (χ2v) is 5.36. The minimum Gasteiger partial charge on any atom is -0.482 e. The number of nitro groups is 1. The van der Waals surface area contributed by atoms with E-state index in [1.165, 1.54) is 12.1 Å². The van der Waals surface area contributed by atoms with E-state index in [0.29, 0.717) is 5.75 Å². The average Bonchev–Trinajstić information content (AvgIpc) is 2.45. The van der Waals surface area contributed by atoms with Gasteiger partial charge in [0.2, 0.25) is 5.75 Å². The maximum atomic E-state index is 11.8. The SMILES string of the molecule is Cc1ccc([N+](=O)[O-])c(OC(=O)COc2cccc(Br)c2)c1. The molecule has 0 atom stereocenters. The molecule has 0 radical (unpaired) electrons. The van der Waals surface area contributed by atoms with Gasteiger partial charge in [0.25, 0.3) is 0 Å². The number of halogens is 1. The summed E-state index contributed by atoms with van der Waals surface area (Å²) in [5.41, 5.74) is 0.489. The molecule has 0 spiro atoms. The lowest BCUT2D eigenvalue weighted by Crippen LogP contribution is -2.18. The first-order valence-corrected chi connectivity index (χ1v) is 7.09. The molecule has 0 N–H and O–H groups in total. The summed E-state index contributed by atoms with van der Waals surface area (Å²) in [5, 5.41) is 10.9. The molecule has 0 fully saturated rings. The Kier molecular flexibility index (Phi) is 5.11. The predicted octanol–water partition coefficient (Wildman–Crippen LogP) is 3.65. The minimum absolute atomic E-state index is 0.0900. The Balaban J connectivity index is 2.03. The summed E-state index contributed by atoms with van der Waals surface area (Å²) in [6.45, 7) is 1.40. The van der Waals surface area contributed by atoms with Crippen molar-refractivity contribution in [1.82, 2.24) is 0 Å². The first-order valence-electron chi connectivity index (χ1n) is 6.30. The molecular weight excluding hydrogens is 354 g/mol. The van der Waals surface area contributed by atoms with Gasteiger partial charge in [-0.15, -0.1) is 0 Å². The number of ether oxygens (including phenoxy) is 2. The van der Waals surface area contributed by atoms with Gasteiger partial charge in [0.1, 0.15) is 5.75 Å². The van der Waals surface area contributed by atoms with E-state index in [4.69, 9.17) is 9.47 Å². The standard InChI is InChI=1S/C15H12BrNO5/c1-10-5-6-13(17(19)20)14(7-10)22-15(18)9-21-12-4-2-3-11(16)8-12/h2-8H,9H2,1H3. The molecule has 0 saturated carbocycles. The number of carbonyl (C=O) groups excluding carboxylic acids is 1. The summed E-state index contributed by atoms with van der Waals surface area (Å²) < 4.78 is 11.1. The summed E-state index contributed by atoms with van der Waals surface area (Å²) in [4.78, 5) is 22.1. The molecule has 0 aromatic heterocycles. The van der Waals surface area contributed by atoms with Crippen LogP contribution >= 0.6 is 15.9 Å². The molecule has 0 aliphatic carbocycles. The lowest BCUT2D eigenvalue weighted by atomic mass is 10.2. The number of aryl methyl sites for hydroxylation is 1. The van der Waals surface area contributed by atoms with Gasteiger partial charge < -0.3 is 9.47 Å². The van der Waals surface area contributed by atoms with Crippen LogP contribution in [0.1, 0.15) is 5.56 Å². The highest BCUT2D eigenvalue weighted by Crippen LogP contribution is 2.28. The number of benzene rings is 2. The van der Waals surface area contributed by atoms with Crippen LogP contribution in [0.4, 0.5) is 5.69 Å². The van der Waals surface area contributed by atoms with E-state index in [9.17, 15) is 14.9 Å². The highest BCUT2D eigenvalue weighted by atomic mass is 79.9. The van der Waals surface area contributed by atoms with Crippen LogP contribution in [0.3, 0.4) is 0 Å². The molecular formula is C15H12BrNO5. The van der Waals surface area contributed by atoms with E-state index in [0.717, 1.165) is 10.0 Å². The fraction of sp³-hybridized carbons (Fsp3) is 0.133. The molecule has 6 nitrogen and oxygen atoms in total. The van der Waals surface area contributed by atoms with Gasteiger partial charge in [-0.3, -0.25) is 10.1 Å². The molecule has 2 aromatic carbocycles. The Hall–Kier alpha value is -2.41. The highest BCUT2D eigenvalue weighted by Gasteiger charge is 2.18. The second kappa shape index (κ2) is 7.04. The molecule has 0 unspecified atom stereocenters. The fourth-order valence-corrected chi connectivity index (χ4v) is 2.08. The molecule has 0 saturated heterocycles. The number of hydrogen-bond donors (Lipinski definition) is 0. The molecule has 0 aliphatic rings. The largest absolute Gasteiger partial charge is 0.482 e. The molecule has 0 bridgehead atoms. The van der Waals surface area contributed by atoms with Crippen LogP contribution in [0, 0.1) is 17.0 Å². The van der Waals surface area contributed by atoms with E-state index < -0.39 is 10.9 Å². The lowest BCUT2D eigenvalue weighted by Gasteiger charge is -2.08. The van der Waals surface area contributed by atoms with Gasteiger partial charge in [-0.05, 0) is 36.8 Å². The average molecular weight is 366 g/mol.